The molecule has 172 valence electrons. The molecule has 2 aromatic heterocycles. The van der Waals surface area contributed by atoms with Gasteiger partial charge in [0.2, 0.25) is 5.56 Å². The van der Waals surface area contributed by atoms with Gasteiger partial charge in [-0.15, -0.1) is 0 Å². The van der Waals surface area contributed by atoms with E-state index in [1.807, 2.05) is 74.5 Å². The maximum absolute atomic E-state index is 11.7. The molecular weight excluding hydrogens is 484 g/mol. The number of hydrogen-bond donors (Lipinski definition) is 1. The van der Waals surface area contributed by atoms with E-state index in [9.17, 15) is 9.59 Å². The van der Waals surface area contributed by atoms with Crippen LogP contribution in [0.25, 0.3) is 5.69 Å². The molecule has 0 radical (unpaired) electrons. The van der Waals surface area contributed by atoms with Crippen molar-refractivity contribution in [2.45, 2.75) is 13.8 Å². The van der Waals surface area contributed by atoms with Crippen LogP contribution in [-0.2, 0) is 0 Å². The van der Waals surface area contributed by atoms with Crippen LogP contribution in [0.15, 0.2) is 99.3 Å². The quantitative estimate of drug-likeness (QED) is 0.406. The van der Waals surface area contributed by atoms with Crippen molar-refractivity contribution < 1.29 is 9.47 Å². The minimum Gasteiger partial charge on any atom is -0.497 e. The van der Waals surface area contributed by atoms with E-state index in [0.717, 1.165) is 32.8 Å². The van der Waals surface area contributed by atoms with Gasteiger partial charge in [-0.1, -0.05) is 15.9 Å². The minimum atomic E-state index is -0.0370. The second-order valence-electron chi connectivity index (χ2n) is 7.00. The number of ether oxygens (including phenoxy) is 2. The summed E-state index contributed by atoms with van der Waals surface area (Å²) >= 11 is 3.32. The zero-order chi connectivity index (χ0) is 24.2. The monoisotopic (exact) mass is 510 g/mol. The van der Waals surface area contributed by atoms with Gasteiger partial charge in [0.05, 0.1) is 14.2 Å². The van der Waals surface area contributed by atoms with Gasteiger partial charge in [-0.25, -0.2) is 0 Å². The standard InChI is InChI=1S/C13H13NO2.C7H7BrO.C6H7NO/c1-10-7-8-14(13(15)9-10)11-3-5-12(16-2)6-4-11;1-9-7-4-2-6(8)3-5-7;1-5-2-3-7-6(8)4-5/h3-9H,1-2H3;2-5H,1H3;2-4H,1H3,(H,7,8). The molecule has 4 aromatic rings. The van der Waals surface area contributed by atoms with Crippen LogP contribution in [0.1, 0.15) is 11.1 Å². The molecule has 0 aliphatic carbocycles. The maximum atomic E-state index is 11.7. The SMILES string of the molecule is COc1ccc(-n2ccc(C)cc2=O)cc1.COc1ccc(Br)cc1.Cc1cc[nH]c(=O)c1. The maximum Gasteiger partial charge on any atom is 0.255 e. The van der Waals surface area contributed by atoms with E-state index < -0.39 is 0 Å². The highest BCUT2D eigenvalue weighted by atomic mass is 79.9. The molecule has 0 saturated heterocycles. The number of aromatic nitrogens is 2. The molecule has 1 N–H and O–H groups in total. The number of pyridine rings is 2. The minimum absolute atomic E-state index is 0.0230. The molecule has 2 aromatic carbocycles. The number of halogens is 1. The van der Waals surface area contributed by atoms with Gasteiger partial charge in [-0.3, -0.25) is 14.2 Å². The molecule has 0 atom stereocenters. The van der Waals surface area contributed by atoms with Crippen LogP contribution < -0.4 is 20.6 Å². The summed E-state index contributed by atoms with van der Waals surface area (Å²) in [5.41, 5.74) is 2.74. The molecule has 0 aliphatic rings. The topological polar surface area (TPSA) is 73.3 Å². The number of rotatable bonds is 3. The van der Waals surface area contributed by atoms with Gasteiger partial charge in [0.1, 0.15) is 11.5 Å². The summed E-state index contributed by atoms with van der Waals surface area (Å²) in [7, 11) is 3.27. The Labute approximate surface area is 201 Å². The van der Waals surface area contributed by atoms with Gasteiger partial charge in [0, 0.05) is 34.7 Å². The Morgan fingerprint density at radius 2 is 1.30 bits per heavy atom. The number of benzene rings is 2. The van der Waals surface area contributed by atoms with Gasteiger partial charge in [-0.05, 0) is 85.6 Å². The molecule has 0 bridgehead atoms. The van der Waals surface area contributed by atoms with Gasteiger partial charge in [-0.2, -0.15) is 0 Å². The molecular formula is C26H27BrN2O4. The van der Waals surface area contributed by atoms with Crippen molar-refractivity contribution in [2.24, 2.45) is 0 Å². The lowest BCUT2D eigenvalue weighted by Gasteiger charge is -2.06. The van der Waals surface area contributed by atoms with Gasteiger partial charge in [0.25, 0.3) is 5.56 Å². The van der Waals surface area contributed by atoms with Crippen molar-refractivity contribution >= 4 is 15.9 Å². The van der Waals surface area contributed by atoms with E-state index in [1.54, 1.807) is 43.3 Å². The Balaban J connectivity index is 0.000000192. The Kier molecular flexibility index (Phi) is 10.2. The van der Waals surface area contributed by atoms with Crippen LogP contribution in [0.3, 0.4) is 0 Å². The molecule has 0 saturated carbocycles. The first-order chi connectivity index (χ1) is 15.8. The van der Waals surface area contributed by atoms with Crippen molar-refractivity contribution in [1.29, 1.82) is 0 Å². The first-order valence-corrected chi connectivity index (χ1v) is 10.9. The van der Waals surface area contributed by atoms with Crippen LogP contribution in [0.4, 0.5) is 0 Å². The molecule has 0 unspecified atom stereocenters. The average molecular weight is 511 g/mol. The summed E-state index contributed by atoms with van der Waals surface area (Å²) in [6.45, 7) is 3.79. The lowest BCUT2D eigenvalue weighted by molar-refractivity contribution is 0.414. The first kappa shape index (κ1) is 25.7. The Morgan fingerprint density at radius 1 is 0.758 bits per heavy atom. The summed E-state index contributed by atoms with van der Waals surface area (Å²) in [6.07, 6.45) is 3.41. The smallest absolute Gasteiger partial charge is 0.255 e. The Hall–Kier alpha value is -3.58. The fraction of sp³-hybridized carbons (Fsp3) is 0.154. The molecule has 7 heteroatoms. The Morgan fingerprint density at radius 3 is 1.76 bits per heavy atom. The number of nitrogens with one attached hydrogen (secondary N) is 1. The number of aromatic amines is 1. The van der Waals surface area contributed by atoms with E-state index in [0.29, 0.717) is 0 Å². The van der Waals surface area contributed by atoms with Crippen LogP contribution >= 0.6 is 15.9 Å². The number of nitrogens with zero attached hydrogens (tertiary/aromatic N) is 1. The van der Waals surface area contributed by atoms with E-state index in [2.05, 4.69) is 20.9 Å². The Bertz CT molecular complexity index is 1250. The predicted molar refractivity (Wildman–Crippen MR) is 136 cm³/mol. The van der Waals surface area contributed by atoms with Crippen molar-refractivity contribution in [3.8, 4) is 17.2 Å². The van der Waals surface area contributed by atoms with Crippen LogP contribution in [-0.4, -0.2) is 23.8 Å². The van der Waals surface area contributed by atoms with E-state index >= 15 is 0 Å². The predicted octanol–water partition coefficient (Wildman–Crippen LogP) is 5.30. The molecule has 0 amide bonds. The summed E-state index contributed by atoms with van der Waals surface area (Å²) in [4.78, 5) is 24.7. The second-order valence-corrected chi connectivity index (χ2v) is 7.91. The van der Waals surface area contributed by atoms with Gasteiger partial charge in [0.15, 0.2) is 0 Å². The molecule has 0 aliphatic heterocycles. The van der Waals surface area contributed by atoms with Crippen molar-refractivity contribution in [2.75, 3.05) is 14.2 Å². The lowest BCUT2D eigenvalue weighted by Crippen LogP contribution is -2.16. The fourth-order valence-corrected chi connectivity index (χ4v) is 2.92. The second kappa shape index (κ2) is 13.1. The summed E-state index contributed by atoms with van der Waals surface area (Å²) in [5, 5.41) is 0. The highest BCUT2D eigenvalue weighted by Crippen LogP contribution is 2.15. The van der Waals surface area contributed by atoms with E-state index in [1.165, 1.54) is 0 Å². The molecule has 2 heterocycles. The highest BCUT2D eigenvalue weighted by Gasteiger charge is 1.99. The van der Waals surface area contributed by atoms with Crippen molar-refractivity contribution in [3.05, 3.63) is 121 Å². The summed E-state index contributed by atoms with van der Waals surface area (Å²) < 4.78 is 12.7. The number of hydrogen-bond acceptors (Lipinski definition) is 4. The average Bonchev–Trinajstić information content (AvgIpc) is 2.80. The third kappa shape index (κ3) is 8.82. The normalized spacial score (nSPS) is 9.61. The van der Waals surface area contributed by atoms with Gasteiger partial charge < -0.3 is 14.5 Å². The number of H-pyrrole nitrogens is 1. The first-order valence-electron chi connectivity index (χ1n) is 10.1. The third-order valence-corrected chi connectivity index (χ3v) is 4.93. The molecule has 4 rings (SSSR count). The molecule has 6 nitrogen and oxygen atoms in total. The van der Waals surface area contributed by atoms with E-state index in [-0.39, 0.29) is 11.1 Å². The van der Waals surface area contributed by atoms with Crippen LogP contribution in [0.2, 0.25) is 0 Å². The largest absolute Gasteiger partial charge is 0.497 e. The van der Waals surface area contributed by atoms with Gasteiger partial charge >= 0.3 is 0 Å². The summed E-state index contributed by atoms with van der Waals surface area (Å²) in [5.74, 6) is 1.67. The highest BCUT2D eigenvalue weighted by molar-refractivity contribution is 9.10. The molecule has 0 spiro atoms. The summed E-state index contributed by atoms with van der Waals surface area (Å²) in [6, 6.07) is 22.0. The zero-order valence-corrected chi connectivity index (χ0v) is 20.6. The fourth-order valence-electron chi connectivity index (χ4n) is 2.66. The molecule has 33 heavy (non-hydrogen) atoms. The zero-order valence-electron chi connectivity index (χ0n) is 19.0. The lowest BCUT2D eigenvalue weighted by atomic mass is 10.2. The third-order valence-electron chi connectivity index (χ3n) is 4.41. The van der Waals surface area contributed by atoms with Crippen LogP contribution in [0.5, 0.6) is 11.5 Å². The van der Waals surface area contributed by atoms with Crippen molar-refractivity contribution in [3.63, 3.8) is 0 Å². The number of methoxy groups -OCH3 is 2. The number of aryl methyl sites for hydroxylation is 2. The molecule has 0 fully saturated rings. The van der Waals surface area contributed by atoms with E-state index in [4.69, 9.17) is 9.47 Å². The van der Waals surface area contributed by atoms with Crippen molar-refractivity contribution in [1.82, 2.24) is 9.55 Å². The van der Waals surface area contributed by atoms with Crippen LogP contribution in [0, 0.1) is 13.8 Å².